The molecular weight excluding hydrogens is 194 g/mol. The first-order valence-corrected chi connectivity index (χ1v) is 5.04. The Morgan fingerprint density at radius 3 is 2.87 bits per heavy atom. The van der Waals surface area contributed by atoms with E-state index in [9.17, 15) is 0 Å². The molecule has 0 atom stereocenters. The molecule has 4 nitrogen and oxygen atoms in total. The van der Waals surface area contributed by atoms with Crippen molar-refractivity contribution < 1.29 is 14.6 Å². The largest absolute Gasteiger partial charge is 0.491 e. The fraction of sp³-hybridized carbons (Fsp3) is 0.545. The van der Waals surface area contributed by atoms with Crippen LogP contribution in [0.4, 0.5) is 0 Å². The normalized spacial score (nSPS) is 10.3. The van der Waals surface area contributed by atoms with Crippen LogP contribution in [-0.2, 0) is 11.3 Å². The van der Waals surface area contributed by atoms with Crippen LogP contribution in [0.5, 0.6) is 5.75 Å². The number of aliphatic hydroxyl groups is 1. The van der Waals surface area contributed by atoms with Crippen molar-refractivity contribution in [3.8, 4) is 5.75 Å². The summed E-state index contributed by atoms with van der Waals surface area (Å²) in [6, 6.07) is 1.82. The molecule has 0 spiro atoms. The Hall–Kier alpha value is -1.13. The summed E-state index contributed by atoms with van der Waals surface area (Å²) in [6.07, 6.45) is 1.63. The zero-order valence-electron chi connectivity index (χ0n) is 9.19. The van der Waals surface area contributed by atoms with Crippen LogP contribution in [0.15, 0.2) is 12.3 Å². The minimum atomic E-state index is -0.0583. The minimum Gasteiger partial charge on any atom is -0.491 e. The molecule has 0 radical (unpaired) electrons. The van der Waals surface area contributed by atoms with Gasteiger partial charge in [-0.15, -0.1) is 0 Å². The number of ether oxygens (including phenoxy) is 2. The highest BCUT2D eigenvalue weighted by molar-refractivity contribution is 5.32. The molecule has 0 aliphatic carbocycles. The number of hydrogen-bond donors (Lipinski definition) is 1. The number of pyridine rings is 1. The van der Waals surface area contributed by atoms with E-state index in [0.29, 0.717) is 31.1 Å². The average Bonchev–Trinajstić information content (AvgIpc) is 2.25. The smallest absolute Gasteiger partial charge is 0.128 e. The van der Waals surface area contributed by atoms with Crippen LogP contribution in [0.1, 0.15) is 18.2 Å². The number of hydrogen-bond acceptors (Lipinski definition) is 4. The number of aromatic nitrogens is 1. The van der Waals surface area contributed by atoms with Crippen LogP contribution in [-0.4, -0.2) is 29.9 Å². The monoisotopic (exact) mass is 211 g/mol. The summed E-state index contributed by atoms with van der Waals surface area (Å²) in [7, 11) is 0. The summed E-state index contributed by atoms with van der Waals surface area (Å²) in [5.74, 6) is 0.685. The summed E-state index contributed by atoms with van der Waals surface area (Å²) in [5, 5.41) is 9.06. The van der Waals surface area contributed by atoms with Crippen molar-refractivity contribution in [3.05, 3.63) is 23.5 Å². The van der Waals surface area contributed by atoms with Gasteiger partial charge >= 0.3 is 0 Å². The van der Waals surface area contributed by atoms with Crippen LogP contribution < -0.4 is 4.74 Å². The van der Waals surface area contributed by atoms with Gasteiger partial charge in [-0.1, -0.05) is 0 Å². The molecule has 0 aromatic carbocycles. The van der Waals surface area contributed by atoms with Crippen molar-refractivity contribution in [1.82, 2.24) is 4.98 Å². The van der Waals surface area contributed by atoms with E-state index in [4.69, 9.17) is 14.6 Å². The van der Waals surface area contributed by atoms with Gasteiger partial charge in [-0.25, -0.2) is 0 Å². The van der Waals surface area contributed by atoms with E-state index in [0.717, 1.165) is 5.69 Å². The SMILES string of the molecule is CCOCCOc1cc(C)ncc1CO. The van der Waals surface area contributed by atoms with Gasteiger partial charge < -0.3 is 14.6 Å². The third-order valence-electron chi connectivity index (χ3n) is 1.94. The van der Waals surface area contributed by atoms with Gasteiger partial charge in [0, 0.05) is 30.1 Å². The van der Waals surface area contributed by atoms with Crippen LogP contribution in [0.2, 0.25) is 0 Å². The molecule has 1 rings (SSSR count). The molecular formula is C11H17NO3. The topological polar surface area (TPSA) is 51.6 Å². The summed E-state index contributed by atoms with van der Waals surface area (Å²) in [4.78, 5) is 4.08. The van der Waals surface area contributed by atoms with Crippen molar-refractivity contribution in [2.45, 2.75) is 20.5 Å². The summed E-state index contributed by atoms with van der Waals surface area (Å²) >= 11 is 0. The zero-order chi connectivity index (χ0) is 11.1. The van der Waals surface area contributed by atoms with E-state index >= 15 is 0 Å². The first kappa shape index (κ1) is 11.9. The molecule has 84 valence electrons. The maximum atomic E-state index is 9.06. The highest BCUT2D eigenvalue weighted by Crippen LogP contribution is 2.18. The third-order valence-corrected chi connectivity index (χ3v) is 1.94. The van der Waals surface area contributed by atoms with Crippen molar-refractivity contribution in [1.29, 1.82) is 0 Å². The summed E-state index contributed by atoms with van der Waals surface area (Å²) in [6.45, 7) is 5.50. The second-order valence-electron chi connectivity index (χ2n) is 3.14. The van der Waals surface area contributed by atoms with E-state index in [2.05, 4.69) is 4.98 Å². The van der Waals surface area contributed by atoms with Gasteiger partial charge in [-0.3, -0.25) is 4.98 Å². The van der Waals surface area contributed by atoms with E-state index in [1.54, 1.807) is 6.20 Å². The molecule has 0 amide bonds. The second kappa shape index (κ2) is 6.37. The molecule has 0 unspecified atom stereocenters. The fourth-order valence-electron chi connectivity index (χ4n) is 1.17. The first-order valence-electron chi connectivity index (χ1n) is 5.04. The van der Waals surface area contributed by atoms with E-state index in [-0.39, 0.29) is 6.61 Å². The Kier molecular flexibility index (Phi) is 5.07. The molecule has 0 fully saturated rings. The molecule has 0 aliphatic rings. The number of aliphatic hydroxyl groups excluding tert-OH is 1. The highest BCUT2D eigenvalue weighted by atomic mass is 16.5. The van der Waals surface area contributed by atoms with Crippen molar-refractivity contribution >= 4 is 0 Å². The molecule has 1 heterocycles. The Bertz CT molecular complexity index is 302. The maximum Gasteiger partial charge on any atom is 0.128 e. The maximum absolute atomic E-state index is 9.06. The molecule has 1 aromatic rings. The highest BCUT2D eigenvalue weighted by Gasteiger charge is 2.03. The van der Waals surface area contributed by atoms with E-state index in [1.165, 1.54) is 0 Å². The van der Waals surface area contributed by atoms with Gasteiger partial charge in [0.1, 0.15) is 12.4 Å². The molecule has 0 aliphatic heterocycles. The van der Waals surface area contributed by atoms with Gasteiger partial charge in [-0.2, -0.15) is 0 Å². The van der Waals surface area contributed by atoms with Crippen molar-refractivity contribution in [2.75, 3.05) is 19.8 Å². The van der Waals surface area contributed by atoms with E-state index < -0.39 is 0 Å². The first-order chi connectivity index (χ1) is 7.27. The molecule has 0 saturated heterocycles. The fourth-order valence-corrected chi connectivity index (χ4v) is 1.17. The van der Waals surface area contributed by atoms with Crippen molar-refractivity contribution in [2.24, 2.45) is 0 Å². The predicted octanol–water partition coefficient (Wildman–Crippen LogP) is 1.30. The van der Waals surface area contributed by atoms with E-state index in [1.807, 2.05) is 19.9 Å². The second-order valence-corrected chi connectivity index (χ2v) is 3.14. The van der Waals surface area contributed by atoms with Crippen LogP contribution in [0, 0.1) is 6.92 Å². The number of rotatable bonds is 6. The van der Waals surface area contributed by atoms with Crippen LogP contribution >= 0.6 is 0 Å². The van der Waals surface area contributed by atoms with Gasteiger partial charge in [0.2, 0.25) is 0 Å². The summed E-state index contributed by atoms with van der Waals surface area (Å²) in [5.41, 5.74) is 1.58. The zero-order valence-corrected chi connectivity index (χ0v) is 9.19. The summed E-state index contributed by atoms with van der Waals surface area (Å²) < 4.78 is 10.6. The molecule has 1 N–H and O–H groups in total. The quantitative estimate of drug-likeness (QED) is 0.720. The van der Waals surface area contributed by atoms with Gasteiger partial charge in [0.05, 0.1) is 13.2 Å². The van der Waals surface area contributed by atoms with Gasteiger partial charge in [-0.05, 0) is 13.8 Å². The lowest BCUT2D eigenvalue weighted by atomic mass is 10.2. The molecule has 1 aromatic heterocycles. The van der Waals surface area contributed by atoms with Gasteiger partial charge in [0.15, 0.2) is 0 Å². The van der Waals surface area contributed by atoms with Gasteiger partial charge in [0.25, 0.3) is 0 Å². The minimum absolute atomic E-state index is 0.0583. The Morgan fingerprint density at radius 1 is 1.40 bits per heavy atom. The molecule has 0 bridgehead atoms. The Balaban J connectivity index is 2.54. The third kappa shape index (κ3) is 3.85. The number of nitrogens with zero attached hydrogens (tertiary/aromatic N) is 1. The lowest BCUT2D eigenvalue weighted by molar-refractivity contribution is 0.109. The lowest BCUT2D eigenvalue weighted by Crippen LogP contribution is -2.08. The molecule has 4 heteroatoms. The molecule has 0 saturated carbocycles. The van der Waals surface area contributed by atoms with Crippen LogP contribution in [0.25, 0.3) is 0 Å². The standard InChI is InChI=1S/C11H17NO3/c1-3-14-4-5-15-11-6-9(2)12-7-10(11)8-13/h6-7,13H,3-5,8H2,1-2H3. The molecule has 15 heavy (non-hydrogen) atoms. The average molecular weight is 211 g/mol. The van der Waals surface area contributed by atoms with Crippen molar-refractivity contribution in [3.63, 3.8) is 0 Å². The van der Waals surface area contributed by atoms with Crippen LogP contribution in [0.3, 0.4) is 0 Å². The Morgan fingerprint density at radius 2 is 2.20 bits per heavy atom. The number of aryl methyl sites for hydroxylation is 1. The lowest BCUT2D eigenvalue weighted by Gasteiger charge is -2.10. The Labute approximate surface area is 89.9 Å². The predicted molar refractivity (Wildman–Crippen MR) is 56.9 cm³/mol.